The largest absolute Gasteiger partial charge is 0.461 e. The Labute approximate surface area is 162 Å². The van der Waals surface area contributed by atoms with Gasteiger partial charge in [0.25, 0.3) is 0 Å². The highest BCUT2D eigenvalue weighted by Gasteiger charge is 2.43. The van der Waals surface area contributed by atoms with Gasteiger partial charge < -0.3 is 14.6 Å². The molecule has 3 atom stereocenters. The fourth-order valence-electron chi connectivity index (χ4n) is 4.25. The molecule has 3 heterocycles. The lowest BCUT2D eigenvalue weighted by atomic mass is 9.90. The van der Waals surface area contributed by atoms with Crippen molar-refractivity contribution in [1.82, 2.24) is 10.2 Å². The smallest absolute Gasteiger partial charge is 0.230 e. The van der Waals surface area contributed by atoms with Gasteiger partial charge >= 0.3 is 0 Å². The average molecular weight is 386 g/mol. The number of carbonyl (C=O) groups is 3. The zero-order valence-electron chi connectivity index (χ0n) is 14.9. The predicted octanol–water partition coefficient (Wildman–Crippen LogP) is 1.97. The van der Waals surface area contributed by atoms with Gasteiger partial charge in [-0.3, -0.25) is 14.4 Å². The van der Waals surface area contributed by atoms with E-state index in [0.29, 0.717) is 31.7 Å². The van der Waals surface area contributed by atoms with Gasteiger partial charge in [-0.2, -0.15) is 0 Å². The Balaban J connectivity index is 1.48. The third kappa shape index (κ3) is 3.53. The average Bonchev–Trinajstić information content (AvgIpc) is 3.38. The number of hydrogen-bond donors (Lipinski definition) is 2. The molecule has 1 unspecified atom stereocenters. The quantitative estimate of drug-likeness (QED) is 0.768. The molecule has 2 aromatic rings. The Morgan fingerprint density at radius 1 is 1.22 bits per heavy atom. The van der Waals surface area contributed by atoms with Gasteiger partial charge in [0.05, 0.1) is 18.5 Å². The van der Waals surface area contributed by atoms with E-state index in [2.05, 4.69) is 17.9 Å². The molecule has 0 saturated carbocycles. The Bertz CT molecular complexity index is 860. The maximum absolute atomic E-state index is 13.0. The lowest BCUT2D eigenvalue weighted by Gasteiger charge is -2.27. The Kier molecular flexibility index (Phi) is 5.06. The molecule has 0 bridgehead atoms. The van der Waals surface area contributed by atoms with E-state index in [0.717, 1.165) is 17.4 Å². The summed E-state index contributed by atoms with van der Waals surface area (Å²) in [6.45, 7) is 1.18. The third-order valence-electron chi connectivity index (χ3n) is 5.56. The van der Waals surface area contributed by atoms with Crippen LogP contribution in [-0.4, -0.2) is 46.9 Å². The van der Waals surface area contributed by atoms with Crippen LogP contribution in [0.25, 0.3) is 11.0 Å². The van der Waals surface area contributed by atoms with Gasteiger partial charge in [0, 0.05) is 17.8 Å². The molecule has 0 radical (unpaired) electrons. The highest BCUT2D eigenvalue weighted by atomic mass is 32.1. The van der Waals surface area contributed by atoms with Gasteiger partial charge in [0.15, 0.2) is 5.78 Å². The lowest BCUT2D eigenvalue weighted by molar-refractivity contribution is -0.139. The maximum atomic E-state index is 13.0. The van der Waals surface area contributed by atoms with Crippen LogP contribution in [0.1, 0.15) is 25.0 Å². The van der Waals surface area contributed by atoms with Crippen LogP contribution < -0.4 is 5.32 Å². The number of carbonyl (C=O) groups excluding carboxylic acids is 3. The summed E-state index contributed by atoms with van der Waals surface area (Å²) < 4.78 is 5.75. The number of nitrogens with one attached hydrogen (secondary N) is 1. The number of rotatable bonds is 5. The minimum atomic E-state index is -0.547. The van der Waals surface area contributed by atoms with E-state index in [4.69, 9.17) is 4.42 Å². The first kappa shape index (κ1) is 18.3. The van der Waals surface area contributed by atoms with Crippen LogP contribution in [0, 0.1) is 5.92 Å². The Morgan fingerprint density at radius 2 is 2.04 bits per heavy atom. The van der Waals surface area contributed by atoms with E-state index >= 15 is 0 Å². The van der Waals surface area contributed by atoms with Crippen molar-refractivity contribution in [2.24, 2.45) is 5.92 Å². The second-order valence-electron chi connectivity index (χ2n) is 7.24. The van der Waals surface area contributed by atoms with Crippen molar-refractivity contribution in [3.05, 3.63) is 36.1 Å². The predicted molar refractivity (Wildman–Crippen MR) is 104 cm³/mol. The van der Waals surface area contributed by atoms with Crippen LogP contribution in [0.15, 0.2) is 34.7 Å². The molecule has 1 amide bonds. The number of fused-ring (bicyclic) bond motifs is 1. The first-order valence-electron chi connectivity index (χ1n) is 9.31. The minimum Gasteiger partial charge on any atom is -0.461 e. The molecule has 2 saturated heterocycles. The zero-order valence-corrected chi connectivity index (χ0v) is 15.8. The minimum absolute atomic E-state index is 0.0251. The number of hydrogen-bond acceptors (Lipinski definition) is 5. The fourth-order valence-corrected chi connectivity index (χ4v) is 4.52. The lowest BCUT2D eigenvalue weighted by Crippen LogP contribution is -2.47. The van der Waals surface area contributed by atoms with Gasteiger partial charge in [-0.15, -0.1) is 12.6 Å². The first-order valence-corrected chi connectivity index (χ1v) is 9.76. The summed E-state index contributed by atoms with van der Waals surface area (Å²) in [7, 11) is 0. The van der Waals surface area contributed by atoms with E-state index in [-0.39, 0.29) is 23.2 Å². The molecule has 2 fully saturated rings. The van der Waals surface area contributed by atoms with Crippen LogP contribution >= 0.6 is 12.6 Å². The molecule has 0 aliphatic carbocycles. The Hall–Kier alpha value is -2.12. The second-order valence-corrected chi connectivity index (χ2v) is 7.68. The van der Waals surface area contributed by atoms with Gasteiger partial charge in [0.2, 0.25) is 11.0 Å². The number of amides is 1. The molecule has 2 aliphatic heterocycles. The number of benzene rings is 1. The van der Waals surface area contributed by atoms with Crippen molar-refractivity contribution < 1.29 is 18.8 Å². The van der Waals surface area contributed by atoms with E-state index in [1.54, 1.807) is 4.90 Å². The van der Waals surface area contributed by atoms with E-state index < -0.39 is 18.0 Å². The number of furan rings is 1. The molecule has 6 nitrogen and oxygen atoms in total. The molecule has 1 aromatic carbocycles. The summed E-state index contributed by atoms with van der Waals surface area (Å²) in [5.41, 5.74) is 0.751. The third-order valence-corrected chi connectivity index (χ3v) is 5.84. The zero-order chi connectivity index (χ0) is 19.0. The van der Waals surface area contributed by atoms with Crippen molar-refractivity contribution in [3.8, 4) is 0 Å². The normalized spacial score (nSPS) is 25.2. The second kappa shape index (κ2) is 7.48. The first-order chi connectivity index (χ1) is 13.0. The van der Waals surface area contributed by atoms with Crippen LogP contribution in [0.2, 0.25) is 0 Å². The molecule has 0 spiro atoms. The molecule has 27 heavy (non-hydrogen) atoms. The highest BCUT2D eigenvalue weighted by molar-refractivity contribution is 7.96. The molecule has 1 N–H and O–H groups in total. The van der Waals surface area contributed by atoms with Crippen LogP contribution in [-0.2, 0) is 20.8 Å². The summed E-state index contributed by atoms with van der Waals surface area (Å²) in [5, 5.41) is 3.69. The van der Waals surface area contributed by atoms with Crippen LogP contribution in [0.4, 0.5) is 0 Å². The SMILES string of the molecule is O=C(S)[C@H]1NCCC1C(=O)[C@@H]1CCCN1C(=O)Cc1cc2ccccc2o1. The molecular formula is C20H22N2O4S. The van der Waals surface area contributed by atoms with Crippen molar-refractivity contribution in [3.63, 3.8) is 0 Å². The van der Waals surface area contributed by atoms with Gasteiger partial charge in [0.1, 0.15) is 11.3 Å². The maximum Gasteiger partial charge on any atom is 0.230 e. The molecule has 142 valence electrons. The number of para-hydroxylation sites is 1. The highest BCUT2D eigenvalue weighted by Crippen LogP contribution is 2.28. The molecular weight excluding hydrogens is 364 g/mol. The molecule has 4 rings (SSSR count). The number of Topliss-reactive ketones (excluding diaryl/α,β-unsaturated/α-hetero) is 1. The fraction of sp³-hybridized carbons (Fsp3) is 0.450. The summed E-state index contributed by atoms with van der Waals surface area (Å²) >= 11 is 3.90. The summed E-state index contributed by atoms with van der Waals surface area (Å²) in [5.74, 6) is 0.0670. The van der Waals surface area contributed by atoms with Crippen LogP contribution in [0.5, 0.6) is 0 Å². The summed E-state index contributed by atoms with van der Waals surface area (Å²) in [4.78, 5) is 39.2. The molecule has 2 aliphatic rings. The summed E-state index contributed by atoms with van der Waals surface area (Å²) in [6.07, 6.45) is 2.19. The van der Waals surface area contributed by atoms with E-state index in [1.165, 1.54) is 0 Å². The van der Waals surface area contributed by atoms with Gasteiger partial charge in [-0.25, -0.2) is 0 Å². The topological polar surface area (TPSA) is 79.6 Å². The van der Waals surface area contributed by atoms with Gasteiger partial charge in [-0.05, 0) is 37.9 Å². The standard InChI is InChI=1S/C20H22N2O4S/c23-17(11-13-10-12-4-1-2-6-16(12)26-13)22-9-3-5-15(22)19(24)14-7-8-21-18(14)20(25)27/h1-2,4,6,10,14-15,18,21H,3,5,7-9,11H2,(H,25,27)/t14?,15-,18-/m0/s1. The van der Waals surface area contributed by atoms with E-state index in [1.807, 2.05) is 30.3 Å². The van der Waals surface area contributed by atoms with Crippen molar-refractivity contribution in [2.75, 3.05) is 13.1 Å². The number of thiol groups is 1. The molecule has 1 aromatic heterocycles. The Morgan fingerprint density at radius 3 is 2.81 bits per heavy atom. The summed E-state index contributed by atoms with van der Waals surface area (Å²) in [6, 6.07) is 8.49. The van der Waals surface area contributed by atoms with Crippen molar-refractivity contribution in [2.45, 2.75) is 37.8 Å². The van der Waals surface area contributed by atoms with E-state index in [9.17, 15) is 14.4 Å². The number of ketones is 1. The van der Waals surface area contributed by atoms with Crippen molar-refractivity contribution >= 4 is 40.4 Å². The number of likely N-dealkylation sites (tertiary alicyclic amines) is 1. The molecule has 7 heteroatoms. The monoisotopic (exact) mass is 386 g/mol. The van der Waals surface area contributed by atoms with Crippen LogP contribution in [0.3, 0.4) is 0 Å². The number of nitrogens with zero attached hydrogens (tertiary/aromatic N) is 1. The van der Waals surface area contributed by atoms with Crippen molar-refractivity contribution in [1.29, 1.82) is 0 Å². The van der Waals surface area contributed by atoms with Gasteiger partial charge in [-0.1, -0.05) is 18.2 Å².